The van der Waals surface area contributed by atoms with E-state index in [2.05, 4.69) is 42.7 Å². The van der Waals surface area contributed by atoms with Gasteiger partial charge in [-0.25, -0.2) is 0 Å². The van der Waals surface area contributed by atoms with E-state index in [0.717, 1.165) is 48.9 Å². The lowest BCUT2D eigenvalue weighted by molar-refractivity contribution is -0.0122. The van der Waals surface area contributed by atoms with Crippen LogP contribution in [0.5, 0.6) is 0 Å². The van der Waals surface area contributed by atoms with Crippen molar-refractivity contribution in [3.8, 4) is 0 Å². The van der Waals surface area contributed by atoms with Crippen LogP contribution in [0.15, 0.2) is 60.7 Å². The van der Waals surface area contributed by atoms with E-state index >= 15 is 0 Å². The summed E-state index contributed by atoms with van der Waals surface area (Å²) in [5.74, 6) is 0. The number of rotatable bonds is 11. The Kier molecular flexibility index (Phi) is 8.94. The topological polar surface area (TPSA) is 41.5 Å². The summed E-state index contributed by atoms with van der Waals surface area (Å²) in [6.45, 7) is 4.01. The predicted molar refractivity (Wildman–Crippen MR) is 109 cm³/mol. The zero-order valence-corrected chi connectivity index (χ0v) is 15.9. The maximum Gasteiger partial charge on any atom is 0.0854 e. The molecule has 2 atom stereocenters. The molecular weight excluding hydrogens is 322 g/mol. The van der Waals surface area contributed by atoms with Crippen molar-refractivity contribution in [2.45, 2.75) is 58.2 Å². The number of hydroxylamine groups is 1. The molecule has 2 rings (SSSR count). The highest BCUT2D eigenvalue weighted by molar-refractivity contribution is 5.79. The smallest absolute Gasteiger partial charge is 0.0854 e. The second-order valence-corrected chi connectivity index (χ2v) is 6.75. The monoisotopic (exact) mass is 353 g/mol. The van der Waals surface area contributed by atoms with Crippen LogP contribution in [0.1, 0.15) is 57.1 Å². The Morgan fingerprint density at radius 3 is 2.27 bits per heavy atom. The highest BCUT2D eigenvalue weighted by atomic mass is 16.7. The molecule has 0 saturated carbocycles. The minimum absolute atomic E-state index is 0.0902. The van der Waals surface area contributed by atoms with Crippen molar-refractivity contribution in [1.82, 2.24) is 5.48 Å². The summed E-state index contributed by atoms with van der Waals surface area (Å²) in [4.78, 5) is 6.05. The molecule has 0 fully saturated rings. The van der Waals surface area contributed by atoms with Gasteiger partial charge in [0.1, 0.15) is 0 Å². The normalized spacial score (nSPS) is 14.0. The molecule has 26 heavy (non-hydrogen) atoms. The van der Waals surface area contributed by atoms with Crippen LogP contribution in [-0.2, 0) is 4.84 Å². The van der Waals surface area contributed by atoms with Crippen LogP contribution in [0.2, 0.25) is 0 Å². The molecule has 0 saturated heterocycles. The molecule has 3 heteroatoms. The quantitative estimate of drug-likeness (QED) is 0.418. The fourth-order valence-electron chi connectivity index (χ4n) is 2.77. The lowest BCUT2D eigenvalue weighted by Crippen LogP contribution is -2.24. The molecule has 0 spiro atoms. The van der Waals surface area contributed by atoms with Gasteiger partial charge in [-0.3, -0.25) is 10.3 Å². The largest absolute Gasteiger partial charge is 0.393 e. The zero-order chi connectivity index (χ0) is 18.6. The van der Waals surface area contributed by atoms with Gasteiger partial charge in [0.05, 0.1) is 17.9 Å². The van der Waals surface area contributed by atoms with Gasteiger partial charge < -0.3 is 5.11 Å². The number of unbranched alkanes of at least 4 members (excludes halogenated alkanes) is 1. The second kappa shape index (κ2) is 11.5. The maximum atomic E-state index is 9.59. The SMILES string of the molecule is CCCCC(CCC(C)O)ONC(=Cc1ccccc1)c1ccccc1. The summed E-state index contributed by atoms with van der Waals surface area (Å²) in [6, 6.07) is 20.4. The molecule has 0 aliphatic heterocycles. The summed E-state index contributed by atoms with van der Waals surface area (Å²) < 4.78 is 0. The third kappa shape index (κ3) is 7.42. The van der Waals surface area contributed by atoms with E-state index < -0.39 is 0 Å². The molecule has 2 aromatic carbocycles. The average molecular weight is 354 g/mol. The van der Waals surface area contributed by atoms with E-state index in [1.165, 1.54) is 0 Å². The molecule has 0 amide bonds. The Hall–Kier alpha value is -2.10. The third-order valence-corrected chi connectivity index (χ3v) is 4.32. The van der Waals surface area contributed by atoms with Crippen molar-refractivity contribution in [3.05, 3.63) is 71.8 Å². The van der Waals surface area contributed by atoms with Gasteiger partial charge >= 0.3 is 0 Å². The summed E-state index contributed by atoms with van der Waals surface area (Å²) in [6.07, 6.45) is 6.74. The van der Waals surface area contributed by atoms with E-state index in [1.54, 1.807) is 0 Å². The summed E-state index contributed by atoms with van der Waals surface area (Å²) in [7, 11) is 0. The fraction of sp³-hybridized carbons (Fsp3) is 0.391. The summed E-state index contributed by atoms with van der Waals surface area (Å²) >= 11 is 0. The van der Waals surface area contributed by atoms with Gasteiger partial charge in [0.2, 0.25) is 0 Å². The summed E-state index contributed by atoms with van der Waals surface area (Å²) in [5.41, 5.74) is 6.34. The average Bonchev–Trinajstić information content (AvgIpc) is 2.67. The highest BCUT2D eigenvalue weighted by Crippen LogP contribution is 2.18. The molecule has 140 valence electrons. The van der Waals surface area contributed by atoms with Crippen LogP contribution in [0.3, 0.4) is 0 Å². The number of benzene rings is 2. The molecule has 3 nitrogen and oxygen atoms in total. The lowest BCUT2D eigenvalue weighted by Gasteiger charge is -2.20. The van der Waals surface area contributed by atoms with Gasteiger partial charge in [0, 0.05) is 0 Å². The first-order valence-electron chi connectivity index (χ1n) is 9.61. The van der Waals surface area contributed by atoms with Gasteiger partial charge in [-0.1, -0.05) is 80.4 Å². The minimum atomic E-state index is -0.295. The minimum Gasteiger partial charge on any atom is -0.393 e. The third-order valence-electron chi connectivity index (χ3n) is 4.32. The zero-order valence-electron chi connectivity index (χ0n) is 15.9. The van der Waals surface area contributed by atoms with Crippen LogP contribution in [0, 0.1) is 0 Å². The molecule has 0 aromatic heterocycles. The van der Waals surface area contributed by atoms with Crippen LogP contribution in [0.25, 0.3) is 11.8 Å². The lowest BCUT2D eigenvalue weighted by atomic mass is 10.1. The van der Waals surface area contributed by atoms with Crippen molar-refractivity contribution in [1.29, 1.82) is 0 Å². The van der Waals surface area contributed by atoms with Crippen molar-refractivity contribution < 1.29 is 9.94 Å². The van der Waals surface area contributed by atoms with Crippen LogP contribution < -0.4 is 5.48 Å². The highest BCUT2D eigenvalue weighted by Gasteiger charge is 2.12. The second-order valence-electron chi connectivity index (χ2n) is 6.75. The molecule has 0 bridgehead atoms. The Bertz CT molecular complexity index is 638. The molecule has 0 aliphatic rings. The van der Waals surface area contributed by atoms with Gasteiger partial charge in [-0.2, -0.15) is 0 Å². The van der Waals surface area contributed by atoms with E-state index in [4.69, 9.17) is 4.84 Å². The van der Waals surface area contributed by atoms with Crippen molar-refractivity contribution in [3.63, 3.8) is 0 Å². The first-order chi connectivity index (χ1) is 12.7. The van der Waals surface area contributed by atoms with Gasteiger partial charge in [0.25, 0.3) is 0 Å². The molecule has 0 radical (unpaired) electrons. The van der Waals surface area contributed by atoms with Gasteiger partial charge in [-0.15, -0.1) is 0 Å². The number of nitrogens with one attached hydrogen (secondary N) is 1. The number of hydrogen-bond acceptors (Lipinski definition) is 3. The molecule has 0 heterocycles. The molecule has 2 N–H and O–H groups in total. The van der Waals surface area contributed by atoms with Crippen molar-refractivity contribution in [2.75, 3.05) is 0 Å². The van der Waals surface area contributed by atoms with E-state index in [9.17, 15) is 5.11 Å². The van der Waals surface area contributed by atoms with Crippen LogP contribution >= 0.6 is 0 Å². The van der Waals surface area contributed by atoms with Gasteiger partial charge in [-0.05, 0) is 43.4 Å². The standard InChI is InChI=1S/C23H31NO2/c1-3-4-15-22(17-16-19(2)25)26-24-23(21-13-9-6-10-14-21)18-20-11-7-5-8-12-20/h5-14,18-19,22,24-25H,3-4,15-17H2,1-2H3. The predicted octanol–water partition coefficient (Wildman–Crippen LogP) is 5.43. The van der Waals surface area contributed by atoms with E-state index in [-0.39, 0.29) is 12.2 Å². The number of hydrogen-bond donors (Lipinski definition) is 2. The van der Waals surface area contributed by atoms with E-state index in [1.807, 2.05) is 43.3 Å². The van der Waals surface area contributed by atoms with Crippen LogP contribution in [0.4, 0.5) is 0 Å². The Morgan fingerprint density at radius 2 is 1.65 bits per heavy atom. The first-order valence-corrected chi connectivity index (χ1v) is 9.61. The molecule has 2 unspecified atom stereocenters. The summed E-state index contributed by atoms with van der Waals surface area (Å²) in [5, 5.41) is 9.59. The molecule has 2 aromatic rings. The molecular formula is C23H31NO2. The first kappa shape index (κ1) is 20.2. The van der Waals surface area contributed by atoms with Crippen molar-refractivity contribution >= 4 is 11.8 Å². The van der Waals surface area contributed by atoms with E-state index in [0.29, 0.717) is 0 Å². The Morgan fingerprint density at radius 1 is 1.00 bits per heavy atom. The van der Waals surface area contributed by atoms with Gasteiger partial charge in [0.15, 0.2) is 0 Å². The number of aliphatic hydroxyl groups is 1. The number of aliphatic hydroxyl groups excluding tert-OH is 1. The molecule has 0 aliphatic carbocycles. The Labute approximate surface area is 157 Å². The van der Waals surface area contributed by atoms with Crippen molar-refractivity contribution in [2.24, 2.45) is 0 Å². The maximum absolute atomic E-state index is 9.59. The Balaban J connectivity index is 2.11. The fourth-order valence-corrected chi connectivity index (χ4v) is 2.77. The van der Waals surface area contributed by atoms with Crippen LogP contribution in [-0.4, -0.2) is 17.3 Å².